The number of hydrogen-bond acceptors (Lipinski definition) is 5. The van der Waals surface area contributed by atoms with Crippen molar-refractivity contribution < 1.29 is 9.18 Å². The third-order valence-electron chi connectivity index (χ3n) is 3.24. The second kappa shape index (κ2) is 6.71. The normalized spacial score (nSPS) is 10.7. The smallest absolute Gasteiger partial charge is 0.280 e. The van der Waals surface area contributed by atoms with Crippen LogP contribution in [-0.4, -0.2) is 21.3 Å². The van der Waals surface area contributed by atoms with E-state index < -0.39 is 0 Å². The lowest BCUT2D eigenvalue weighted by Gasteiger charge is -2.08. The summed E-state index contributed by atoms with van der Waals surface area (Å²) >= 11 is 1.05. The fraction of sp³-hybridized carbons (Fsp3) is 0.0625. The van der Waals surface area contributed by atoms with Crippen molar-refractivity contribution in [3.8, 4) is 0 Å². The molecule has 3 N–H and O–H groups in total. The van der Waals surface area contributed by atoms with Gasteiger partial charge in [-0.3, -0.25) is 9.59 Å². The molecule has 0 aliphatic carbocycles. The monoisotopic (exact) mass is 344 g/mol. The minimum Gasteiger partial charge on any atom is -0.334 e. The molecule has 0 saturated carbocycles. The van der Waals surface area contributed by atoms with E-state index >= 15 is 0 Å². The molecule has 0 aliphatic heterocycles. The number of amides is 1. The van der Waals surface area contributed by atoms with Crippen molar-refractivity contribution >= 4 is 34.3 Å². The van der Waals surface area contributed by atoms with E-state index in [1.165, 1.54) is 24.3 Å². The first-order valence-corrected chi connectivity index (χ1v) is 7.98. The van der Waals surface area contributed by atoms with Gasteiger partial charge in [-0.25, -0.2) is 14.1 Å². The van der Waals surface area contributed by atoms with Gasteiger partial charge in [0.15, 0.2) is 5.16 Å². The van der Waals surface area contributed by atoms with Crippen molar-refractivity contribution in [3.05, 3.63) is 64.7 Å². The molecule has 0 saturated heterocycles. The molecule has 6 nitrogen and oxygen atoms in total. The molecule has 3 rings (SSSR count). The third-order valence-corrected chi connectivity index (χ3v) is 4.19. The highest BCUT2D eigenvalue weighted by molar-refractivity contribution is 7.99. The number of para-hydroxylation sites is 1. The van der Waals surface area contributed by atoms with E-state index in [9.17, 15) is 14.0 Å². The number of nitrogens with two attached hydrogens (primary N) is 1. The number of nitrogens with one attached hydrogen (secondary N) is 1. The second-order valence-corrected chi connectivity index (χ2v) is 5.87. The molecule has 0 radical (unpaired) electrons. The molecule has 0 atom stereocenters. The summed E-state index contributed by atoms with van der Waals surface area (Å²) in [7, 11) is 0. The predicted molar refractivity (Wildman–Crippen MR) is 91.9 cm³/mol. The Kier molecular flexibility index (Phi) is 4.48. The number of nitrogens with zero attached hydrogens (tertiary/aromatic N) is 2. The summed E-state index contributed by atoms with van der Waals surface area (Å²) in [4.78, 5) is 28.4. The van der Waals surface area contributed by atoms with Crippen molar-refractivity contribution in [2.75, 3.05) is 16.9 Å². The van der Waals surface area contributed by atoms with Crippen LogP contribution >= 0.6 is 11.8 Å². The van der Waals surface area contributed by atoms with Gasteiger partial charge >= 0.3 is 0 Å². The van der Waals surface area contributed by atoms with Crippen LogP contribution in [0.3, 0.4) is 0 Å². The van der Waals surface area contributed by atoms with Crippen molar-refractivity contribution in [1.29, 1.82) is 0 Å². The predicted octanol–water partition coefficient (Wildman–Crippen LogP) is 1.98. The zero-order chi connectivity index (χ0) is 17.1. The SMILES string of the molecule is Nn1c(SCC(=O)Nc2ccc(F)cc2)nc2ccccc2c1=O. The Morgan fingerprint density at radius 3 is 2.67 bits per heavy atom. The van der Waals surface area contributed by atoms with Crippen molar-refractivity contribution in [3.63, 3.8) is 0 Å². The number of carbonyl (C=O) groups excluding carboxylic acids is 1. The zero-order valence-corrected chi connectivity index (χ0v) is 13.2. The van der Waals surface area contributed by atoms with Gasteiger partial charge in [0.1, 0.15) is 5.82 Å². The highest BCUT2D eigenvalue weighted by atomic mass is 32.2. The Bertz CT molecular complexity index is 956. The molecule has 24 heavy (non-hydrogen) atoms. The number of hydrogen-bond donors (Lipinski definition) is 2. The zero-order valence-electron chi connectivity index (χ0n) is 12.4. The van der Waals surface area contributed by atoms with E-state index in [-0.39, 0.29) is 28.2 Å². The maximum atomic E-state index is 12.8. The maximum Gasteiger partial charge on any atom is 0.280 e. The maximum absolute atomic E-state index is 12.8. The van der Waals surface area contributed by atoms with Gasteiger partial charge in [-0.05, 0) is 36.4 Å². The van der Waals surface area contributed by atoms with Gasteiger partial charge < -0.3 is 11.2 Å². The van der Waals surface area contributed by atoms with Crippen LogP contribution in [0, 0.1) is 5.82 Å². The fourth-order valence-corrected chi connectivity index (χ4v) is 2.80. The number of thioether (sulfide) groups is 1. The van der Waals surface area contributed by atoms with Crippen LogP contribution in [0.4, 0.5) is 10.1 Å². The van der Waals surface area contributed by atoms with E-state index in [1.807, 2.05) is 0 Å². The van der Waals surface area contributed by atoms with Gasteiger partial charge in [0.2, 0.25) is 5.91 Å². The average Bonchev–Trinajstić information content (AvgIpc) is 2.59. The number of carbonyl (C=O) groups is 1. The first-order valence-electron chi connectivity index (χ1n) is 6.99. The van der Waals surface area contributed by atoms with Gasteiger partial charge in [0.25, 0.3) is 5.56 Å². The standard InChI is InChI=1S/C16H13FN4O2S/c17-10-5-7-11(8-6-10)19-14(22)9-24-16-20-13-4-2-1-3-12(13)15(23)21(16)18/h1-8H,9,18H2,(H,19,22). The molecular weight excluding hydrogens is 331 g/mol. The van der Waals surface area contributed by atoms with Crippen LogP contribution in [0.2, 0.25) is 0 Å². The molecule has 1 aromatic heterocycles. The molecular formula is C16H13FN4O2S. The molecule has 0 bridgehead atoms. The van der Waals surface area contributed by atoms with E-state index in [0.29, 0.717) is 16.6 Å². The Morgan fingerprint density at radius 2 is 1.92 bits per heavy atom. The lowest BCUT2D eigenvalue weighted by molar-refractivity contribution is -0.113. The van der Waals surface area contributed by atoms with E-state index in [0.717, 1.165) is 16.4 Å². The molecule has 122 valence electrons. The van der Waals surface area contributed by atoms with Gasteiger partial charge in [0.05, 0.1) is 16.7 Å². The Labute approximate surface area is 140 Å². The summed E-state index contributed by atoms with van der Waals surface area (Å²) in [6.45, 7) is 0. The summed E-state index contributed by atoms with van der Waals surface area (Å²) in [5.41, 5.74) is 0.631. The van der Waals surface area contributed by atoms with Gasteiger partial charge in [0, 0.05) is 5.69 Å². The van der Waals surface area contributed by atoms with E-state index in [1.54, 1.807) is 24.3 Å². The molecule has 0 spiro atoms. The summed E-state index contributed by atoms with van der Waals surface area (Å²) in [6, 6.07) is 12.3. The van der Waals surface area contributed by atoms with Crippen LogP contribution in [-0.2, 0) is 4.79 Å². The average molecular weight is 344 g/mol. The largest absolute Gasteiger partial charge is 0.334 e. The van der Waals surface area contributed by atoms with E-state index in [4.69, 9.17) is 5.84 Å². The van der Waals surface area contributed by atoms with Crippen molar-refractivity contribution in [2.24, 2.45) is 0 Å². The van der Waals surface area contributed by atoms with Crippen molar-refractivity contribution in [2.45, 2.75) is 5.16 Å². The van der Waals surface area contributed by atoms with Crippen LogP contribution in [0.25, 0.3) is 10.9 Å². The molecule has 1 heterocycles. The van der Waals surface area contributed by atoms with Gasteiger partial charge in [-0.15, -0.1) is 0 Å². The van der Waals surface area contributed by atoms with Crippen LogP contribution in [0.5, 0.6) is 0 Å². The number of halogens is 1. The fourth-order valence-electron chi connectivity index (χ4n) is 2.09. The molecule has 0 unspecified atom stereocenters. The number of rotatable bonds is 4. The van der Waals surface area contributed by atoms with Crippen LogP contribution < -0.4 is 16.7 Å². The molecule has 3 aromatic rings. The number of fused-ring (bicyclic) bond motifs is 1. The Morgan fingerprint density at radius 1 is 1.21 bits per heavy atom. The molecule has 0 aliphatic rings. The van der Waals surface area contributed by atoms with E-state index in [2.05, 4.69) is 10.3 Å². The lowest BCUT2D eigenvalue weighted by Crippen LogP contribution is -2.30. The first kappa shape index (κ1) is 16.0. The Balaban J connectivity index is 1.73. The second-order valence-electron chi connectivity index (χ2n) is 4.93. The van der Waals surface area contributed by atoms with Crippen LogP contribution in [0.15, 0.2) is 58.5 Å². The third kappa shape index (κ3) is 3.38. The van der Waals surface area contributed by atoms with Crippen molar-refractivity contribution in [1.82, 2.24) is 9.66 Å². The minimum absolute atomic E-state index is 0.0133. The molecule has 1 amide bonds. The highest BCUT2D eigenvalue weighted by Crippen LogP contribution is 2.17. The number of aromatic nitrogens is 2. The molecule has 0 fully saturated rings. The molecule has 2 aromatic carbocycles. The van der Waals surface area contributed by atoms with Gasteiger partial charge in [-0.2, -0.15) is 0 Å². The summed E-state index contributed by atoms with van der Waals surface area (Å²) in [5.74, 6) is 5.07. The number of anilines is 1. The van der Waals surface area contributed by atoms with Gasteiger partial charge in [-0.1, -0.05) is 23.9 Å². The molecule has 8 heteroatoms. The number of benzene rings is 2. The highest BCUT2D eigenvalue weighted by Gasteiger charge is 2.11. The topological polar surface area (TPSA) is 90.0 Å². The summed E-state index contributed by atoms with van der Waals surface area (Å²) < 4.78 is 13.8. The quantitative estimate of drug-likeness (QED) is 0.429. The summed E-state index contributed by atoms with van der Waals surface area (Å²) in [6.07, 6.45) is 0. The Hall–Kier alpha value is -2.87. The van der Waals surface area contributed by atoms with Crippen LogP contribution in [0.1, 0.15) is 0 Å². The minimum atomic E-state index is -0.380. The number of nitrogen functional groups attached to an aromatic ring is 1. The summed E-state index contributed by atoms with van der Waals surface area (Å²) in [5, 5.41) is 3.29. The first-order chi connectivity index (χ1) is 11.5. The lowest BCUT2D eigenvalue weighted by atomic mass is 10.2.